The molecule has 0 radical (unpaired) electrons. The lowest BCUT2D eigenvalue weighted by Crippen LogP contribution is -1.99. The zero-order chi connectivity index (χ0) is 14.8. The average molecular weight is 408 g/mol. The smallest absolute Gasteiger partial charge is 0.180 e. The molecule has 2 heterocycles. The fourth-order valence-corrected chi connectivity index (χ4v) is 2.75. The molecule has 21 heavy (non-hydrogen) atoms. The summed E-state index contributed by atoms with van der Waals surface area (Å²) in [6.45, 7) is 1.99. The summed E-state index contributed by atoms with van der Waals surface area (Å²) in [6, 6.07) is 13.8. The van der Waals surface area contributed by atoms with Gasteiger partial charge in [-0.3, -0.25) is 4.98 Å². The van der Waals surface area contributed by atoms with Crippen molar-refractivity contribution in [3.8, 4) is 22.8 Å². The van der Waals surface area contributed by atoms with E-state index in [2.05, 4.69) is 37.5 Å². The molecule has 0 bridgehead atoms. The first-order valence-corrected chi connectivity index (χ1v) is 7.83. The lowest BCUT2D eigenvalue weighted by molar-refractivity contribution is 1.12. The van der Waals surface area contributed by atoms with Gasteiger partial charge in [0.1, 0.15) is 10.8 Å². The molecule has 0 saturated heterocycles. The van der Waals surface area contributed by atoms with Gasteiger partial charge >= 0.3 is 0 Å². The molecule has 5 heteroatoms. The number of halogens is 2. The Kier molecular flexibility index (Phi) is 4.17. The van der Waals surface area contributed by atoms with Crippen molar-refractivity contribution in [1.29, 1.82) is 0 Å². The summed E-state index contributed by atoms with van der Waals surface area (Å²) in [5.41, 5.74) is 3.62. The number of rotatable bonds is 2. The average Bonchev–Trinajstić information content (AvgIpc) is 2.51. The SMILES string of the molecule is Cc1cccnc1-c1nc(Cl)c(I)c(-c2ccccc2)n1. The molecule has 3 nitrogen and oxygen atoms in total. The highest BCUT2D eigenvalue weighted by molar-refractivity contribution is 14.1. The number of hydrogen-bond donors (Lipinski definition) is 0. The van der Waals surface area contributed by atoms with Crippen LogP contribution in [0.3, 0.4) is 0 Å². The lowest BCUT2D eigenvalue weighted by atomic mass is 10.1. The first-order chi connectivity index (χ1) is 10.2. The molecule has 3 rings (SSSR count). The number of benzene rings is 1. The van der Waals surface area contributed by atoms with Crippen LogP contribution in [0.15, 0.2) is 48.7 Å². The van der Waals surface area contributed by atoms with Crippen LogP contribution in [-0.4, -0.2) is 15.0 Å². The molecule has 0 spiro atoms. The number of aromatic nitrogens is 3. The zero-order valence-electron chi connectivity index (χ0n) is 11.2. The fraction of sp³-hybridized carbons (Fsp3) is 0.0625. The maximum atomic E-state index is 6.28. The van der Waals surface area contributed by atoms with Crippen LogP contribution in [0.25, 0.3) is 22.8 Å². The van der Waals surface area contributed by atoms with E-state index in [0.717, 1.165) is 26.1 Å². The second-order valence-electron chi connectivity index (χ2n) is 4.54. The van der Waals surface area contributed by atoms with Gasteiger partial charge in [-0.15, -0.1) is 0 Å². The fourth-order valence-electron chi connectivity index (χ4n) is 2.03. The molecule has 0 unspecified atom stereocenters. The molecule has 3 aromatic rings. The highest BCUT2D eigenvalue weighted by Crippen LogP contribution is 2.30. The monoisotopic (exact) mass is 407 g/mol. The van der Waals surface area contributed by atoms with Crippen LogP contribution in [0, 0.1) is 10.5 Å². The molecular formula is C16H11ClIN3. The third-order valence-corrected chi connectivity index (χ3v) is 4.69. The van der Waals surface area contributed by atoms with Gasteiger partial charge in [-0.25, -0.2) is 9.97 Å². The van der Waals surface area contributed by atoms with Gasteiger partial charge in [0, 0.05) is 11.8 Å². The van der Waals surface area contributed by atoms with E-state index < -0.39 is 0 Å². The van der Waals surface area contributed by atoms with E-state index in [1.54, 1.807) is 6.20 Å². The minimum Gasteiger partial charge on any atom is -0.253 e. The summed E-state index contributed by atoms with van der Waals surface area (Å²) >= 11 is 8.46. The highest BCUT2D eigenvalue weighted by Gasteiger charge is 2.15. The second kappa shape index (κ2) is 6.07. The summed E-state index contributed by atoms with van der Waals surface area (Å²) in [5, 5.41) is 0.449. The van der Waals surface area contributed by atoms with E-state index in [1.165, 1.54) is 0 Å². The first-order valence-electron chi connectivity index (χ1n) is 6.37. The molecule has 0 atom stereocenters. The Morgan fingerprint density at radius 1 is 0.952 bits per heavy atom. The Morgan fingerprint density at radius 2 is 1.71 bits per heavy atom. The van der Waals surface area contributed by atoms with Crippen LogP contribution in [0.1, 0.15) is 5.56 Å². The van der Waals surface area contributed by atoms with Crippen LogP contribution in [-0.2, 0) is 0 Å². The van der Waals surface area contributed by atoms with Gasteiger partial charge in [-0.1, -0.05) is 48.0 Å². The quantitative estimate of drug-likeness (QED) is 0.454. The maximum Gasteiger partial charge on any atom is 0.180 e. The van der Waals surface area contributed by atoms with Crippen LogP contribution < -0.4 is 0 Å². The van der Waals surface area contributed by atoms with E-state index in [0.29, 0.717) is 11.0 Å². The van der Waals surface area contributed by atoms with Crippen molar-refractivity contribution in [2.24, 2.45) is 0 Å². The van der Waals surface area contributed by atoms with Crippen molar-refractivity contribution in [2.45, 2.75) is 6.92 Å². The summed E-state index contributed by atoms with van der Waals surface area (Å²) in [4.78, 5) is 13.4. The van der Waals surface area contributed by atoms with Gasteiger partial charge in [0.15, 0.2) is 5.82 Å². The van der Waals surface area contributed by atoms with Gasteiger partial charge in [-0.2, -0.15) is 0 Å². The Morgan fingerprint density at radius 3 is 2.43 bits per heavy atom. The maximum absolute atomic E-state index is 6.28. The van der Waals surface area contributed by atoms with Crippen molar-refractivity contribution in [3.63, 3.8) is 0 Å². The molecule has 0 aliphatic rings. The predicted molar refractivity (Wildman–Crippen MR) is 93.2 cm³/mol. The van der Waals surface area contributed by atoms with E-state index >= 15 is 0 Å². The Hall–Kier alpha value is -1.53. The molecular weight excluding hydrogens is 397 g/mol. The van der Waals surface area contributed by atoms with E-state index in [9.17, 15) is 0 Å². The van der Waals surface area contributed by atoms with Crippen LogP contribution in [0.2, 0.25) is 5.15 Å². The Bertz CT molecular complexity index is 791. The number of nitrogens with zero attached hydrogens (tertiary/aromatic N) is 3. The number of hydrogen-bond acceptors (Lipinski definition) is 3. The minimum atomic E-state index is 0.449. The molecule has 0 fully saturated rings. The van der Waals surface area contributed by atoms with E-state index in [-0.39, 0.29) is 0 Å². The van der Waals surface area contributed by atoms with Crippen LogP contribution in [0.4, 0.5) is 0 Å². The van der Waals surface area contributed by atoms with Crippen molar-refractivity contribution in [1.82, 2.24) is 15.0 Å². The molecule has 104 valence electrons. The van der Waals surface area contributed by atoms with Gasteiger partial charge in [0.2, 0.25) is 0 Å². The minimum absolute atomic E-state index is 0.449. The van der Waals surface area contributed by atoms with Crippen molar-refractivity contribution < 1.29 is 0 Å². The topological polar surface area (TPSA) is 38.7 Å². The molecule has 1 aromatic carbocycles. The van der Waals surface area contributed by atoms with Crippen LogP contribution >= 0.6 is 34.2 Å². The summed E-state index contributed by atoms with van der Waals surface area (Å²) in [7, 11) is 0. The molecule has 0 N–H and O–H groups in total. The standard InChI is InChI=1S/C16H11ClIN3/c1-10-6-5-9-19-13(10)16-20-14(12(18)15(17)21-16)11-7-3-2-4-8-11/h2-9H,1H3. The van der Waals surface area contributed by atoms with Gasteiger partial charge in [0.25, 0.3) is 0 Å². The summed E-state index contributed by atoms with van der Waals surface area (Å²) in [6.07, 6.45) is 1.74. The second-order valence-corrected chi connectivity index (χ2v) is 5.97. The first kappa shape index (κ1) is 14.4. The lowest BCUT2D eigenvalue weighted by Gasteiger charge is -2.09. The van der Waals surface area contributed by atoms with Crippen molar-refractivity contribution in [3.05, 3.63) is 62.9 Å². The van der Waals surface area contributed by atoms with E-state index in [1.807, 2.05) is 49.4 Å². The highest BCUT2D eigenvalue weighted by atomic mass is 127. The molecule has 0 aliphatic carbocycles. The molecule has 0 saturated carbocycles. The van der Waals surface area contributed by atoms with Crippen molar-refractivity contribution in [2.75, 3.05) is 0 Å². The van der Waals surface area contributed by atoms with Gasteiger partial charge < -0.3 is 0 Å². The predicted octanol–water partition coefficient (Wildman–Crippen LogP) is 4.77. The molecule has 0 amide bonds. The molecule has 2 aromatic heterocycles. The van der Waals surface area contributed by atoms with Crippen LogP contribution in [0.5, 0.6) is 0 Å². The van der Waals surface area contributed by atoms with Crippen molar-refractivity contribution >= 4 is 34.2 Å². The third kappa shape index (κ3) is 2.91. The largest absolute Gasteiger partial charge is 0.253 e. The van der Waals surface area contributed by atoms with E-state index in [4.69, 9.17) is 11.6 Å². The summed E-state index contributed by atoms with van der Waals surface area (Å²) < 4.78 is 0.845. The zero-order valence-corrected chi connectivity index (χ0v) is 14.1. The van der Waals surface area contributed by atoms with Gasteiger partial charge in [-0.05, 0) is 41.1 Å². The number of pyridine rings is 1. The Balaban J connectivity index is 2.22. The van der Waals surface area contributed by atoms with Gasteiger partial charge in [0.05, 0.1) is 9.26 Å². The number of aryl methyl sites for hydroxylation is 1. The Labute approximate surface area is 141 Å². The summed E-state index contributed by atoms with van der Waals surface area (Å²) in [5.74, 6) is 0.553. The molecule has 0 aliphatic heterocycles. The normalized spacial score (nSPS) is 10.6. The third-order valence-electron chi connectivity index (χ3n) is 3.08.